The van der Waals surface area contributed by atoms with Gasteiger partial charge in [-0.05, 0) is 18.2 Å². The summed E-state index contributed by atoms with van der Waals surface area (Å²) in [7, 11) is -3.95. The van der Waals surface area contributed by atoms with Crippen LogP contribution < -0.4 is 4.72 Å². The van der Waals surface area contributed by atoms with Crippen LogP contribution >= 0.6 is 11.3 Å². The molecule has 0 bridgehead atoms. The molecule has 2 aromatic rings. The highest BCUT2D eigenvalue weighted by molar-refractivity contribution is 7.93. The van der Waals surface area contributed by atoms with E-state index < -0.39 is 22.4 Å². The second-order valence-electron chi connectivity index (χ2n) is 3.45. The summed E-state index contributed by atoms with van der Waals surface area (Å²) in [6, 6.07) is 3.09. The van der Waals surface area contributed by atoms with Gasteiger partial charge in [-0.2, -0.15) is 0 Å². The topological polar surface area (TPSA) is 92.2 Å². The van der Waals surface area contributed by atoms with E-state index in [-0.39, 0.29) is 15.6 Å². The first kappa shape index (κ1) is 14.4. The minimum Gasteiger partial charge on any atom is -0.384 e. The molecule has 104 valence electrons. The molecule has 0 aliphatic heterocycles. The lowest BCUT2D eigenvalue weighted by Crippen LogP contribution is -2.14. The quantitative estimate of drug-likeness (QED) is 0.819. The Labute approximate surface area is 118 Å². The van der Waals surface area contributed by atoms with Gasteiger partial charge in [0.15, 0.2) is 0 Å². The van der Waals surface area contributed by atoms with Gasteiger partial charge in [-0.3, -0.25) is 4.72 Å². The fraction of sp³-hybridized carbons (Fsp3) is 0.0909. The molecule has 0 atom stereocenters. The van der Waals surface area contributed by atoms with Gasteiger partial charge in [0.05, 0.1) is 0 Å². The second-order valence-corrected chi connectivity index (χ2v) is 5.93. The number of rotatable bonds is 3. The summed E-state index contributed by atoms with van der Waals surface area (Å²) in [4.78, 5) is -0.199. The summed E-state index contributed by atoms with van der Waals surface area (Å²) in [6.45, 7) is -0.459. The van der Waals surface area contributed by atoms with E-state index in [9.17, 15) is 12.8 Å². The predicted molar refractivity (Wildman–Crippen MR) is 71.1 cm³/mol. The van der Waals surface area contributed by atoms with Crippen molar-refractivity contribution >= 4 is 26.5 Å². The molecule has 9 heteroatoms. The van der Waals surface area contributed by atoms with Gasteiger partial charge >= 0.3 is 0 Å². The average Bonchev–Trinajstić information content (AvgIpc) is 2.88. The van der Waals surface area contributed by atoms with E-state index in [0.717, 1.165) is 29.5 Å². The van der Waals surface area contributed by atoms with Gasteiger partial charge < -0.3 is 5.11 Å². The van der Waals surface area contributed by atoms with Crippen LogP contribution in [0.3, 0.4) is 0 Å². The fourth-order valence-electron chi connectivity index (χ4n) is 1.36. The van der Waals surface area contributed by atoms with E-state index in [4.69, 9.17) is 5.11 Å². The number of aliphatic hydroxyl groups is 1. The lowest BCUT2D eigenvalue weighted by molar-refractivity contribution is 0.350. The van der Waals surface area contributed by atoms with Crippen LogP contribution in [0.5, 0.6) is 0 Å². The van der Waals surface area contributed by atoms with Crippen LogP contribution in [-0.2, 0) is 10.0 Å². The highest BCUT2D eigenvalue weighted by Crippen LogP contribution is 2.20. The van der Waals surface area contributed by atoms with Crippen molar-refractivity contribution < 1.29 is 17.9 Å². The molecule has 0 unspecified atom stereocenters. The number of sulfonamides is 1. The smallest absolute Gasteiger partial charge is 0.264 e. The monoisotopic (exact) mass is 313 g/mol. The number of benzene rings is 1. The number of halogens is 1. The average molecular weight is 313 g/mol. The molecule has 1 aromatic carbocycles. The fourth-order valence-corrected chi connectivity index (χ4v) is 3.19. The van der Waals surface area contributed by atoms with E-state index >= 15 is 0 Å². The van der Waals surface area contributed by atoms with Gasteiger partial charge in [0.2, 0.25) is 5.13 Å². The Balaban J connectivity index is 2.45. The molecule has 0 radical (unpaired) electrons. The third-order valence-corrected chi connectivity index (χ3v) is 4.25. The Morgan fingerprint density at radius 3 is 2.90 bits per heavy atom. The molecule has 1 aromatic heterocycles. The molecule has 0 aliphatic rings. The van der Waals surface area contributed by atoms with E-state index in [2.05, 4.69) is 26.8 Å². The van der Waals surface area contributed by atoms with E-state index in [1.807, 2.05) is 0 Å². The molecule has 1 heterocycles. The van der Waals surface area contributed by atoms with Gasteiger partial charge in [-0.15, -0.1) is 10.2 Å². The summed E-state index contributed by atoms with van der Waals surface area (Å²) >= 11 is 1.01. The molecule has 20 heavy (non-hydrogen) atoms. The summed E-state index contributed by atoms with van der Waals surface area (Å²) in [6.07, 6.45) is 0. The Bertz CT molecular complexity index is 764. The highest BCUT2D eigenvalue weighted by Gasteiger charge is 2.19. The van der Waals surface area contributed by atoms with Crippen LogP contribution in [0.15, 0.2) is 28.6 Å². The zero-order valence-corrected chi connectivity index (χ0v) is 11.5. The van der Waals surface area contributed by atoms with Gasteiger partial charge in [0, 0.05) is 5.56 Å². The van der Waals surface area contributed by atoms with Crippen molar-refractivity contribution in [3.05, 3.63) is 35.1 Å². The number of aliphatic hydroxyl groups excluding tert-OH is 1. The van der Waals surface area contributed by atoms with Crippen molar-refractivity contribution in [2.75, 3.05) is 11.3 Å². The molecule has 0 saturated heterocycles. The van der Waals surface area contributed by atoms with Crippen molar-refractivity contribution in [3.63, 3.8) is 0 Å². The normalized spacial score (nSPS) is 10.7. The SMILES string of the molecule is O=S(=O)(Nc1nncs1)c1ccc(F)cc1C#CCO. The summed E-state index contributed by atoms with van der Waals surface area (Å²) in [5, 5.41) is 15.8. The Hall–Kier alpha value is -2.02. The van der Waals surface area contributed by atoms with Crippen LogP contribution in [0.1, 0.15) is 5.56 Å². The summed E-state index contributed by atoms with van der Waals surface area (Å²) in [5.41, 5.74) is 1.32. The van der Waals surface area contributed by atoms with Crippen molar-refractivity contribution in [1.29, 1.82) is 0 Å². The van der Waals surface area contributed by atoms with Crippen LogP contribution in [0.4, 0.5) is 9.52 Å². The summed E-state index contributed by atoms with van der Waals surface area (Å²) < 4.78 is 39.7. The van der Waals surface area contributed by atoms with Crippen molar-refractivity contribution in [3.8, 4) is 11.8 Å². The number of hydrogen-bond acceptors (Lipinski definition) is 6. The van der Waals surface area contributed by atoms with E-state index in [0.29, 0.717) is 0 Å². The Morgan fingerprint density at radius 2 is 2.25 bits per heavy atom. The first-order valence-electron chi connectivity index (χ1n) is 5.21. The van der Waals surface area contributed by atoms with E-state index in [1.54, 1.807) is 0 Å². The molecule has 0 fully saturated rings. The molecule has 2 N–H and O–H groups in total. The Morgan fingerprint density at radius 1 is 1.45 bits per heavy atom. The van der Waals surface area contributed by atoms with Crippen LogP contribution in [-0.4, -0.2) is 30.3 Å². The van der Waals surface area contributed by atoms with Crippen molar-refractivity contribution in [1.82, 2.24) is 10.2 Å². The maximum atomic E-state index is 13.2. The van der Waals surface area contributed by atoms with Crippen LogP contribution in [0.2, 0.25) is 0 Å². The minimum absolute atomic E-state index is 0.0453. The number of hydrogen-bond donors (Lipinski definition) is 2. The zero-order valence-electron chi connectivity index (χ0n) is 9.87. The van der Waals surface area contributed by atoms with Gasteiger partial charge in [0.25, 0.3) is 10.0 Å². The number of nitrogens with zero attached hydrogens (tertiary/aromatic N) is 2. The largest absolute Gasteiger partial charge is 0.384 e. The van der Waals surface area contributed by atoms with Crippen LogP contribution in [0.25, 0.3) is 0 Å². The standard InChI is InChI=1S/C11H8FN3O3S2/c12-9-3-4-10(8(6-9)2-1-5-16)20(17,18)15-11-14-13-7-19-11/h3-4,6-7,16H,5H2,(H,14,15). The first-order valence-corrected chi connectivity index (χ1v) is 7.57. The zero-order chi connectivity index (χ0) is 14.6. The number of anilines is 1. The Kier molecular flexibility index (Phi) is 4.29. The van der Waals surface area contributed by atoms with Gasteiger partial charge in [-0.25, -0.2) is 12.8 Å². The number of aromatic nitrogens is 2. The van der Waals surface area contributed by atoms with Crippen molar-refractivity contribution in [2.24, 2.45) is 0 Å². The molecule has 0 saturated carbocycles. The maximum absolute atomic E-state index is 13.2. The molecular weight excluding hydrogens is 305 g/mol. The molecule has 0 spiro atoms. The number of nitrogens with one attached hydrogen (secondary N) is 1. The lowest BCUT2D eigenvalue weighted by atomic mass is 10.2. The molecule has 2 rings (SSSR count). The third kappa shape index (κ3) is 3.30. The van der Waals surface area contributed by atoms with Crippen LogP contribution in [0, 0.1) is 17.7 Å². The molecule has 6 nitrogen and oxygen atoms in total. The first-order chi connectivity index (χ1) is 9.53. The third-order valence-electron chi connectivity index (χ3n) is 2.11. The molecule has 0 aliphatic carbocycles. The lowest BCUT2D eigenvalue weighted by Gasteiger charge is -2.07. The van der Waals surface area contributed by atoms with Gasteiger partial charge in [-0.1, -0.05) is 23.2 Å². The maximum Gasteiger partial charge on any atom is 0.264 e. The van der Waals surface area contributed by atoms with Gasteiger partial charge in [0.1, 0.15) is 22.8 Å². The van der Waals surface area contributed by atoms with E-state index in [1.165, 1.54) is 5.51 Å². The highest BCUT2D eigenvalue weighted by atomic mass is 32.2. The van der Waals surface area contributed by atoms with Crippen molar-refractivity contribution in [2.45, 2.75) is 4.90 Å². The second kappa shape index (κ2) is 5.96. The summed E-state index contributed by atoms with van der Waals surface area (Å²) in [5.74, 6) is 4.06. The molecule has 0 amide bonds. The minimum atomic E-state index is -3.95. The molecular formula is C11H8FN3O3S2. The predicted octanol–water partition coefficient (Wildman–Crippen LogP) is 0.822.